The maximum absolute atomic E-state index is 12.8. The van der Waals surface area contributed by atoms with Crippen molar-refractivity contribution < 1.29 is 4.79 Å². The Balaban J connectivity index is 1.79. The van der Waals surface area contributed by atoms with Gasteiger partial charge in [0.15, 0.2) is 0 Å². The fraction of sp³-hybridized carbons (Fsp3) is 0.304. The van der Waals surface area contributed by atoms with Gasteiger partial charge in [-0.15, -0.1) is 0 Å². The zero-order valence-electron chi connectivity index (χ0n) is 18.9. The van der Waals surface area contributed by atoms with Gasteiger partial charge in [-0.25, -0.2) is 4.79 Å². The number of nitrogens with zero attached hydrogens (tertiary/aromatic N) is 4. The molecule has 3 aromatic rings. The van der Waals surface area contributed by atoms with Crippen molar-refractivity contribution in [1.29, 1.82) is 0 Å². The van der Waals surface area contributed by atoms with E-state index in [1.807, 2.05) is 65.4 Å². The average molecular weight is 520 g/mol. The monoisotopic (exact) mass is 518 g/mol. The van der Waals surface area contributed by atoms with Crippen molar-refractivity contribution in [1.82, 2.24) is 14.7 Å². The molecule has 0 atom stereocenters. The van der Waals surface area contributed by atoms with Crippen LogP contribution < -0.4 is 15.5 Å². The Kier molecular flexibility index (Phi) is 7.82. The van der Waals surface area contributed by atoms with E-state index in [1.54, 1.807) is 16.9 Å². The molecule has 7 nitrogen and oxygen atoms in total. The first-order valence-corrected chi connectivity index (χ1v) is 11.3. The molecule has 1 heterocycles. The highest BCUT2D eigenvalue weighted by atomic mass is 79.9. The third kappa shape index (κ3) is 5.82. The summed E-state index contributed by atoms with van der Waals surface area (Å²) < 4.78 is 2.70. The van der Waals surface area contributed by atoms with Gasteiger partial charge in [0.1, 0.15) is 0 Å². The molecule has 0 radical (unpaired) electrons. The van der Waals surface area contributed by atoms with E-state index in [0.717, 1.165) is 40.1 Å². The molecule has 0 bridgehead atoms. The maximum Gasteiger partial charge on any atom is 0.323 e. The Bertz CT molecular complexity index is 1090. The lowest BCUT2D eigenvalue weighted by Gasteiger charge is -2.24. The minimum Gasteiger partial charge on any atom is -0.372 e. The van der Waals surface area contributed by atoms with Crippen LogP contribution in [0, 0.1) is 6.92 Å². The molecule has 0 saturated carbocycles. The normalized spacial score (nSPS) is 11.0. The SMILES string of the molecule is Cc1ccc(NC(=O)Nc2ccc(Cl)cc2N(C)CCN(C)C)cc1-c1c(Br)cnn1C. The molecular formula is C23H28BrClN6O. The highest BCUT2D eigenvalue weighted by molar-refractivity contribution is 9.10. The number of amides is 2. The summed E-state index contributed by atoms with van der Waals surface area (Å²) in [5.74, 6) is 0. The van der Waals surface area contributed by atoms with Gasteiger partial charge in [0.25, 0.3) is 0 Å². The van der Waals surface area contributed by atoms with Gasteiger partial charge in [-0.3, -0.25) is 4.68 Å². The Hall–Kier alpha value is -2.55. The first kappa shape index (κ1) is 24.1. The molecule has 0 unspecified atom stereocenters. The largest absolute Gasteiger partial charge is 0.372 e. The van der Waals surface area contributed by atoms with Gasteiger partial charge < -0.3 is 20.4 Å². The van der Waals surface area contributed by atoms with Crippen molar-refractivity contribution in [3.05, 3.63) is 57.7 Å². The molecule has 0 aliphatic heterocycles. The Morgan fingerprint density at radius 1 is 1.12 bits per heavy atom. The summed E-state index contributed by atoms with van der Waals surface area (Å²) in [4.78, 5) is 17.0. The molecule has 2 amide bonds. The van der Waals surface area contributed by atoms with Crippen LogP contribution in [0.15, 0.2) is 47.1 Å². The lowest BCUT2D eigenvalue weighted by atomic mass is 10.0. The van der Waals surface area contributed by atoms with Gasteiger partial charge in [0.05, 0.1) is 27.7 Å². The zero-order valence-corrected chi connectivity index (χ0v) is 21.3. The molecule has 0 aliphatic rings. The minimum absolute atomic E-state index is 0.326. The number of carbonyl (C=O) groups is 1. The van der Waals surface area contributed by atoms with Crippen LogP contribution in [0.3, 0.4) is 0 Å². The van der Waals surface area contributed by atoms with Crippen LogP contribution in [0.1, 0.15) is 5.56 Å². The first-order chi connectivity index (χ1) is 15.2. The fourth-order valence-corrected chi connectivity index (χ4v) is 4.08. The quantitative estimate of drug-likeness (QED) is 0.435. The van der Waals surface area contributed by atoms with E-state index in [-0.39, 0.29) is 6.03 Å². The summed E-state index contributed by atoms with van der Waals surface area (Å²) in [6.45, 7) is 3.71. The highest BCUT2D eigenvalue weighted by Crippen LogP contribution is 2.32. The van der Waals surface area contributed by atoms with E-state index < -0.39 is 0 Å². The van der Waals surface area contributed by atoms with Crippen molar-refractivity contribution in [2.45, 2.75) is 6.92 Å². The number of urea groups is 1. The lowest BCUT2D eigenvalue weighted by molar-refractivity contribution is 0.262. The number of rotatable bonds is 7. The predicted molar refractivity (Wildman–Crippen MR) is 137 cm³/mol. The molecule has 1 aromatic heterocycles. The van der Waals surface area contributed by atoms with Crippen molar-refractivity contribution >= 4 is 50.6 Å². The van der Waals surface area contributed by atoms with Gasteiger partial charge in [0, 0.05) is 43.5 Å². The summed E-state index contributed by atoms with van der Waals surface area (Å²) in [5, 5.41) is 10.8. The number of likely N-dealkylation sites (N-methyl/N-ethyl adjacent to an activating group) is 2. The third-order valence-corrected chi connectivity index (χ3v) is 5.96. The predicted octanol–water partition coefficient (Wildman–Crippen LogP) is 5.45. The second kappa shape index (κ2) is 10.4. The lowest BCUT2D eigenvalue weighted by Crippen LogP contribution is -2.29. The summed E-state index contributed by atoms with van der Waals surface area (Å²) in [6, 6.07) is 10.9. The van der Waals surface area contributed by atoms with Crippen LogP contribution in [0.5, 0.6) is 0 Å². The van der Waals surface area contributed by atoms with Crippen LogP contribution in [-0.4, -0.2) is 54.9 Å². The van der Waals surface area contributed by atoms with Crippen LogP contribution in [-0.2, 0) is 7.05 Å². The molecule has 0 spiro atoms. The van der Waals surface area contributed by atoms with Gasteiger partial charge in [0.2, 0.25) is 0 Å². The number of nitrogens with one attached hydrogen (secondary N) is 2. The standard InChI is InChI=1S/C23H28BrClN6O/c1-15-6-8-17(13-18(15)22-19(24)14-26-31(22)5)27-23(32)28-20-9-7-16(25)12-21(20)30(4)11-10-29(2)3/h6-9,12-14H,10-11H2,1-5H3,(H2,27,28,32). The fourth-order valence-electron chi connectivity index (χ4n) is 3.35. The van der Waals surface area contributed by atoms with Crippen LogP contribution >= 0.6 is 27.5 Å². The molecule has 0 aliphatic carbocycles. The summed E-state index contributed by atoms with van der Waals surface area (Å²) in [6.07, 6.45) is 1.76. The van der Waals surface area contributed by atoms with E-state index >= 15 is 0 Å². The van der Waals surface area contributed by atoms with Gasteiger partial charge in [-0.05, 0) is 72.8 Å². The van der Waals surface area contributed by atoms with Gasteiger partial charge in [-0.2, -0.15) is 5.10 Å². The number of carbonyl (C=O) groups excluding carboxylic acids is 1. The van der Waals surface area contributed by atoms with Crippen LogP contribution in [0.2, 0.25) is 5.02 Å². The molecule has 32 heavy (non-hydrogen) atoms. The smallest absolute Gasteiger partial charge is 0.323 e. The first-order valence-electron chi connectivity index (χ1n) is 10.2. The molecule has 0 fully saturated rings. The van der Waals surface area contributed by atoms with Crippen molar-refractivity contribution in [2.24, 2.45) is 7.05 Å². The summed E-state index contributed by atoms with van der Waals surface area (Å²) >= 11 is 9.78. The summed E-state index contributed by atoms with van der Waals surface area (Å²) in [5.41, 5.74) is 5.27. The van der Waals surface area contributed by atoms with Crippen molar-refractivity contribution in [3.63, 3.8) is 0 Å². The second-order valence-electron chi connectivity index (χ2n) is 7.96. The number of anilines is 3. The molecule has 2 aromatic carbocycles. The van der Waals surface area contributed by atoms with E-state index in [2.05, 4.69) is 41.5 Å². The van der Waals surface area contributed by atoms with Gasteiger partial charge >= 0.3 is 6.03 Å². The van der Waals surface area contributed by atoms with Crippen molar-refractivity contribution in [2.75, 3.05) is 49.8 Å². The number of aromatic nitrogens is 2. The van der Waals surface area contributed by atoms with Crippen LogP contribution in [0.25, 0.3) is 11.3 Å². The van der Waals surface area contributed by atoms with E-state index in [1.165, 1.54) is 0 Å². The Morgan fingerprint density at radius 2 is 1.88 bits per heavy atom. The van der Waals surface area contributed by atoms with Crippen LogP contribution in [0.4, 0.5) is 21.9 Å². The number of halogens is 2. The van der Waals surface area contributed by atoms with E-state index in [9.17, 15) is 4.79 Å². The second-order valence-corrected chi connectivity index (χ2v) is 9.25. The molecule has 170 valence electrons. The number of benzene rings is 2. The molecule has 2 N–H and O–H groups in total. The highest BCUT2D eigenvalue weighted by Gasteiger charge is 2.15. The Morgan fingerprint density at radius 3 is 2.53 bits per heavy atom. The average Bonchev–Trinajstić information content (AvgIpc) is 3.07. The van der Waals surface area contributed by atoms with Gasteiger partial charge in [-0.1, -0.05) is 17.7 Å². The molecule has 0 saturated heterocycles. The molecular weight excluding hydrogens is 492 g/mol. The third-order valence-electron chi connectivity index (χ3n) is 5.15. The van der Waals surface area contributed by atoms with Crippen molar-refractivity contribution in [3.8, 4) is 11.3 Å². The van der Waals surface area contributed by atoms with E-state index in [4.69, 9.17) is 11.6 Å². The number of hydrogen-bond donors (Lipinski definition) is 2. The number of hydrogen-bond acceptors (Lipinski definition) is 4. The summed E-state index contributed by atoms with van der Waals surface area (Å²) in [7, 11) is 7.92. The topological polar surface area (TPSA) is 65.4 Å². The zero-order chi connectivity index (χ0) is 23.4. The minimum atomic E-state index is -0.326. The maximum atomic E-state index is 12.8. The molecule has 9 heteroatoms. The molecule has 3 rings (SSSR count). The van der Waals surface area contributed by atoms with E-state index in [0.29, 0.717) is 16.4 Å². The Labute approximate surface area is 202 Å². The number of aryl methyl sites for hydroxylation is 2.